The molecular weight excluding hydrogens is 253 g/mol. The highest BCUT2D eigenvalue weighted by Gasteiger charge is 2.26. The molecule has 1 aliphatic heterocycles. The SMILES string of the molecule is Cc1cc(F)cc(C(=O)NC2CCNC2)c1[N+](=O)[O-]. The minimum absolute atomic E-state index is 0.0734. The standard InChI is InChI=1S/C12H14FN3O3/c1-7-4-8(13)5-10(11(7)16(18)19)12(17)15-9-2-3-14-6-9/h4-5,9,14H,2-3,6H2,1H3,(H,15,17). The van der Waals surface area contributed by atoms with Crippen LogP contribution in [-0.2, 0) is 0 Å². The molecule has 0 saturated carbocycles. The number of carbonyl (C=O) groups is 1. The number of aryl methyl sites for hydroxylation is 1. The van der Waals surface area contributed by atoms with Gasteiger partial charge < -0.3 is 10.6 Å². The molecule has 1 amide bonds. The van der Waals surface area contributed by atoms with E-state index in [1.807, 2.05) is 0 Å². The minimum atomic E-state index is -0.656. The Kier molecular flexibility index (Phi) is 3.75. The van der Waals surface area contributed by atoms with Crippen molar-refractivity contribution in [2.75, 3.05) is 13.1 Å². The van der Waals surface area contributed by atoms with Crippen LogP contribution in [0.4, 0.5) is 10.1 Å². The maximum absolute atomic E-state index is 13.3. The fraction of sp³-hybridized carbons (Fsp3) is 0.417. The summed E-state index contributed by atoms with van der Waals surface area (Å²) in [6.07, 6.45) is 0.758. The van der Waals surface area contributed by atoms with Crippen molar-refractivity contribution in [2.24, 2.45) is 0 Å². The summed E-state index contributed by atoms with van der Waals surface area (Å²) in [4.78, 5) is 22.4. The van der Waals surface area contributed by atoms with Crippen LogP contribution in [-0.4, -0.2) is 30.0 Å². The number of nitrogens with one attached hydrogen (secondary N) is 2. The number of amides is 1. The number of benzene rings is 1. The summed E-state index contributed by atoms with van der Waals surface area (Å²) >= 11 is 0. The van der Waals surface area contributed by atoms with Crippen molar-refractivity contribution in [2.45, 2.75) is 19.4 Å². The third kappa shape index (κ3) is 2.87. The van der Waals surface area contributed by atoms with Gasteiger partial charge in [-0.25, -0.2) is 4.39 Å². The number of nitrogens with zero attached hydrogens (tertiary/aromatic N) is 1. The zero-order chi connectivity index (χ0) is 14.0. The lowest BCUT2D eigenvalue weighted by molar-refractivity contribution is -0.385. The second-order valence-corrected chi connectivity index (χ2v) is 4.54. The summed E-state index contributed by atoms with van der Waals surface area (Å²) < 4.78 is 13.3. The van der Waals surface area contributed by atoms with Crippen molar-refractivity contribution < 1.29 is 14.1 Å². The first kappa shape index (κ1) is 13.4. The first-order chi connectivity index (χ1) is 8.99. The second kappa shape index (κ2) is 5.31. The molecule has 2 rings (SSSR count). The van der Waals surface area contributed by atoms with Gasteiger partial charge in [-0.3, -0.25) is 14.9 Å². The molecule has 1 unspecified atom stereocenters. The van der Waals surface area contributed by atoms with Gasteiger partial charge in [0.2, 0.25) is 0 Å². The number of halogens is 1. The average Bonchev–Trinajstić information content (AvgIpc) is 2.79. The van der Waals surface area contributed by atoms with Crippen molar-refractivity contribution in [3.8, 4) is 0 Å². The molecule has 2 N–H and O–H groups in total. The molecule has 0 spiro atoms. The molecule has 7 heteroatoms. The number of carbonyl (C=O) groups excluding carboxylic acids is 1. The Labute approximate surface area is 109 Å². The van der Waals surface area contributed by atoms with Gasteiger partial charge in [0, 0.05) is 18.2 Å². The highest BCUT2D eigenvalue weighted by molar-refractivity contribution is 5.98. The van der Waals surface area contributed by atoms with E-state index in [0.29, 0.717) is 6.54 Å². The van der Waals surface area contributed by atoms with E-state index in [0.717, 1.165) is 25.1 Å². The molecule has 6 nitrogen and oxygen atoms in total. The Morgan fingerprint density at radius 3 is 2.89 bits per heavy atom. The zero-order valence-corrected chi connectivity index (χ0v) is 10.4. The molecule has 0 aromatic heterocycles. The third-order valence-electron chi connectivity index (χ3n) is 3.09. The van der Waals surface area contributed by atoms with E-state index in [4.69, 9.17) is 0 Å². The van der Waals surface area contributed by atoms with Crippen LogP contribution in [0.15, 0.2) is 12.1 Å². The zero-order valence-electron chi connectivity index (χ0n) is 10.4. The van der Waals surface area contributed by atoms with E-state index in [1.54, 1.807) is 0 Å². The monoisotopic (exact) mass is 267 g/mol. The summed E-state index contributed by atoms with van der Waals surface area (Å²) in [6, 6.07) is 1.88. The van der Waals surface area contributed by atoms with E-state index in [-0.39, 0.29) is 22.9 Å². The summed E-state index contributed by atoms with van der Waals surface area (Å²) in [5, 5.41) is 16.7. The smallest absolute Gasteiger partial charge is 0.285 e. The lowest BCUT2D eigenvalue weighted by Gasteiger charge is -2.12. The first-order valence-corrected chi connectivity index (χ1v) is 5.95. The number of hydrogen-bond acceptors (Lipinski definition) is 4. The molecule has 1 fully saturated rings. The van der Waals surface area contributed by atoms with Gasteiger partial charge in [-0.2, -0.15) is 0 Å². The van der Waals surface area contributed by atoms with Crippen LogP contribution in [0.3, 0.4) is 0 Å². The molecular formula is C12H14FN3O3. The van der Waals surface area contributed by atoms with Gasteiger partial charge >= 0.3 is 0 Å². The topological polar surface area (TPSA) is 84.3 Å². The van der Waals surface area contributed by atoms with Crippen LogP contribution in [0, 0.1) is 22.9 Å². The van der Waals surface area contributed by atoms with Gasteiger partial charge in [-0.15, -0.1) is 0 Å². The van der Waals surface area contributed by atoms with Crippen LogP contribution >= 0.6 is 0 Å². The minimum Gasteiger partial charge on any atom is -0.348 e. The van der Waals surface area contributed by atoms with E-state index in [2.05, 4.69) is 10.6 Å². The predicted molar refractivity (Wildman–Crippen MR) is 66.5 cm³/mol. The first-order valence-electron chi connectivity index (χ1n) is 5.95. The normalized spacial score (nSPS) is 18.3. The van der Waals surface area contributed by atoms with E-state index in [1.165, 1.54) is 6.92 Å². The van der Waals surface area contributed by atoms with Crippen molar-refractivity contribution >= 4 is 11.6 Å². The highest BCUT2D eigenvalue weighted by atomic mass is 19.1. The maximum Gasteiger partial charge on any atom is 0.285 e. The Morgan fingerprint density at radius 1 is 1.58 bits per heavy atom. The van der Waals surface area contributed by atoms with Crippen LogP contribution in [0.25, 0.3) is 0 Å². The Balaban J connectivity index is 2.31. The fourth-order valence-corrected chi connectivity index (χ4v) is 2.19. The number of nitro benzene ring substituents is 1. The van der Waals surface area contributed by atoms with E-state index in [9.17, 15) is 19.3 Å². The molecule has 102 valence electrons. The molecule has 1 aromatic rings. The second-order valence-electron chi connectivity index (χ2n) is 4.54. The van der Waals surface area contributed by atoms with Crippen molar-refractivity contribution in [3.05, 3.63) is 39.2 Å². The van der Waals surface area contributed by atoms with Crippen LogP contribution in [0.1, 0.15) is 22.3 Å². The Bertz CT molecular complexity index is 527. The molecule has 0 aliphatic carbocycles. The summed E-state index contributed by atoms with van der Waals surface area (Å²) in [6.45, 7) is 2.82. The quantitative estimate of drug-likeness (QED) is 0.635. The lowest BCUT2D eigenvalue weighted by atomic mass is 10.1. The highest BCUT2D eigenvalue weighted by Crippen LogP contribution is 2.24. The lowest BCUT2D eigenvalue weighted by Crippen LogP contribution is -2.36. The largest absolute Gasteiger partial charge is 0.348 e. The molecule has 1 atom stereocenters. The van der Waals surface area contributed by atoms with Crippen molar-refractivity contribution in [3.63, 3.8) is 0 Å². The molecule has 1 aromatic carbocycles. The molecule has 1 heterocycles. The van der Waals surface area contributed by atoms with Gasteiger partial charge in [0.25, 0.3) is 11.6 Å². The van der Waals surface area contributed by atoms with Gasteiger partial charge in [0.05, 0.1) is 4.92 Å². The van der Waals surface area contributed by atoms with Crippen LogP contribution < -0.4 is 10.6 Å². The van der Waals surface area contributed by atoms with Crippen molar-refractivity contribution in [1.82, 2.24) is 10.6 Å². The molecule has 1 aliphatic rings. The summed E-state index contributed by atoms with van der Waals surface area (Å²) in [7, 11) is 0. The summed E-state index contributed by atoms with van der Waals surface area (Å²) in [5.74, 6) is -1.26. The molecule has 1 saturated heterocycles. The van der Waals surface area contributed by atoms with E-state index >= 15 is 0 Å². The van der Waals surface area contributed by atoms with Crippen LogP contribution in [0.2, 0.25) is 0 Å². The van der Waals surface area contributed by atoms with Gasteiger partial charge in [-0.1, -0.05) is 0 Å². The molecule has 0 radical (unpaired) electrons. The summed E-state index contributed by atoms with van der Waals surface area (Å²) in [5.41, 5.74) is -0.432. The van der Waals surface area contributed by atoms with Gasteiger partial charge in [0.1, 0.15) is 11.4 Å². The molecule has 0 bridgehead atoms. The predicted octanol–water partition coefficient (Wildman–Crippen LogP) is 1.13. The van der Waals surface area contributed by atoms with Crippen molar-refractivity contribution in [1.29, 1.82) is 0 Å². The number of hydrogen-bond donors (Lipinski definition) is 2. The number of rotatable bonds is 3. The molecule has 19 heavy (non-hydrogen) atoms. The fourth-order valence-electron chi connectivity index (χ4n) is 2.19. The average molecular weight is 267 g/mol. The third-order valence-corrected chi connectivity index (χ3v) is 3.09. The van der Waals surface area contributed by atoms with Gasteiger partial charge in [0.15, 0.2) is 0 Å². The number of nitro groups is 1. The Hall–Kier alpha value is -2.02. The maximum atomic E-state index is 13.3. The van der Waals surface area contributed by atoms with E-state index < -0.39 is 16.6 Å². The Morgan fingerprint density at radius 2 is 2.32 bits per heavy atom. The van der Waals surface area contributed by atoms with Gasteiger partial charge in [-0.05, 0) is 32.0 Å². The van der Waals surface area contributed by atoms with Crippen LogP contribution in [0.5, 0.6) is 0 Å².